The fraction of sp³-hybridized carbons (Fsp3) is 0.462. The molecule has 2 aromatic rings. The quantitative estimate of drug-likeness (QED) is 0.760. The van der Waals surface area contributed by atoms with E-state index in [0.717, 1.165) is 16.8 Å². The van der Waals surface area contributed by atoms with E-state index in [-0.39, 0.29) is 11.9 Å². The summed E-state index contributed by atoms with van der Waals surface area (Å²) in [5.74, 6) is 1.22. The highest BCUT2D eigenvalue weighted by Crippen LogP contribution is 2.26. The molecule has 0 bridgehead atoms. The number of nitrogens with one attached hydrogen (secondary N) is 3. The Bertz CT molecular complexity index is 597. The van der Waals surface area contributed by atoms with E-state index < -0.39 is 0 Å². The van der Waals surface area contributed by atoms with Crippen molar-refractivity contribution >= 4 is 39.2 Å². The van der Waals surface area contributed by atoms with Crippen molar-refractivity contribution in [3.05, 3.63) is 11.4 Å². The molecule has 0 radical (unpaired) electrons. The number of aromatic nitrogens is 2. The first-order valence-electron chi connectivity index (χ1n) is 6.69. The highest BCUT2D eigenvalue weighted by Gasteiger charge is 2.15. The highest BCUT2D eigenvalue weighted by molar-refractivity contribution is 7.16. The van der Waals surface area contributed by atoms with Crippen LogP contribution < -0.4 is 16.0 Å². The molecule has 0 aliphatic heterocycles. The molecule has 0 aliphatic rings. The predicted molar refractivity (Wildman–Crippen MR) is 83.3 cm³/mol. The van der Waals surface area contributed by atoms with Crippen molar-refractivity contribution in [1.82, 2.24) is 15.3 Å². The molecule has 0 fully saturated rings. The Morgan fingerprint density at radius 3 is 2.85 bits per heavy atom. The van der Waals surface area contributed by atoms with Crippen molar-refractivity contribution in [2.24, 2.45) is 0 Å². The van der Waals surface area contributed by atoms with E-state index in [4.69, 9.17) is 0 Å². The summed E-state index contributed by atoms with van der Waals surface area (Å²) in [6.45, 7) is 7.08. The molecule has 1 amide bonds. The summed E-state index contributed by atoms with van der Waals surface area (Å²) >= 11 is 1.56. The minimum absolute atomic E-state index is 0.0421. The molecule has 6 nitrogen and oxygen atoms in total. The molecule has 0 saturated heterocycles. The second kappa shape index (κ2) is 6.51. The lowest BCUT2D eigenvalue weighted by atomic mass is 10.3. The van der Waals surface area contributed by atoms with Crippen LogP contribution in [0.15, 0.2) is 11.4 Å². The third kappa shape index (κ3) is 3.16. The van der Waals surface area contributed by atoms with Crippen molar-refractivity contribution in [3.8, 4) is 0 Å². The number of hydrogen-bond donors (Lipinski definition) is 3. The third-order valence-electron chi connectivity index (χ3n) is 2.76. The molecule has 108 valence electrons. The Morgan fingerprint density at radius 1 is 1.35 bits per heavy atom. The lowest BCUT2D eigenvalue weighted by Crippen LogP contribution is -2.37. The van der Waals surface area contributed by atoms with Gasteiger partial charge in [-0.15, -0.1) is 11.3 Å². The molecule has 0 aliphatic carbocycles. The van der Waals surface area contributed by atoms with Gasteiger partial charge in [0.25, 0.3) is 0 Å². The molecule has 1 atom stereocenters. The van der Waals surface area contributed by atoms with E-state index in [1.807, 2.05) is 32.2 Å². The van der Waals surface area contributed by atoms with E-state index in [1.54, 1.807) is 11.3 Å². The van der Waals surface area contributed by atoms with Crippen LogP contribution in [-0.4, -0.2) is 35.0 Å². The number of carbonyl (C=O) groups excluding carboxylic acids is 1. The topological polar surface area (TPSA) is 78.9 Å². The van der Waals surface area contributed by atoms with Crippen LogP contribution in [0.2, 0.25) is 0 Å². The average Bonchev–Trinajstić information content (AvgIpc) is 2.87. The summed E-state index contributed by atoms with van der Waals surface area (Å²) in [6, 6.07) is 1.62. The maximum atomic E-state index is 11.8. The number of hydrogen-bond acceptors (Lipinski definition) is 6. The van der Waals surface area contributed by atoms with Gasteiger partial charge in [0.2, 0.25) is 11.9 Å². The van der Waals surface area contributed by atoms with Gasteiger partial charge in [-0.1, -0.05) is 0 Å². The summed E-state index contributed by atoms with van der Waals surface area (Å²) in [5, 5.41) is 12.0. The fourth-order valence-electron chi connectivity index (χ4n) is 1.80. The van der Waals surface area contributed by atoms with E-state index >= 15 is 0 Å². The molecule has 2 aromatic heterocycles. The molecule has 2 rings (SSSR count). The lowest BCUT2D eigenvalue weighted by molar-refractivity contribution is -0.121. The average molecular weight is 293 g/mol. The van der Waals surface area contributed by atoms with Gasteiger partial charge in [0, 0.05) is 13.1 Å². The Labute approximate surface area is 122 Å². The normalized spacial score (nSPS) is 12.2. The van der Waals surface area contributed by atoms with Crippen LogP contribution >= 0.6 is 11.3 Å². The third-order valence-corrected chi connectivity index (χ3v) is 3.56. The SMILES string of the molecule is CCNC(=O)C(C)Nc1nc(NCC)nc2sccc12. The van der Waals surface area contributed by atoms with Crippen LogP contribution in [0.25, 0.3) is 10.2 Å². The van der Waals surface area contributed by atoms with Crippen LogP contribution in [0.4, 0.5) is 11.8 Å². The van der Waals surface area contributed by atoms with Crippen molar-refractivity contribution < 1.29 is 4.79 Å². The summed E-state index contributed by atoms with van der Waals surface area (Å²) in [7, 11) is 0. The molecular weight excluding hydrogens is 274 g/mol. The van der Waals surface area contributed by atoms with Gasteiger partial charge in [-0.3, -0.25) is 4.79 Å². The number of thiophene rings is 1. The van der Waals surface area contributed by atoms with Crippen molar-refractivity contribution in [3.63, 3.8) is 0 Å². The summed E-state index contributed by atoms with van der Waals surface area (Å²) in [5.41, 5.74) is 0. The molecule has 3 N–H and O–H groups in total. The predicted octanol–water partition coefficient (Wildman–Crippen LogP) is 2.06. The Hall–Kier alpha value is -1.89. The molecule has 20 heavy (non-hydrogen) atoms. The van der Waals surface area contributed by atoms with Crippen LogP contribution in [0.3, 0.4) is 0 Å². The molecule has 0 aromatic carbocycles. The fourth-order valence-corrected chi connectivity index (χ4v) is 2.56. The zero-order valence-electron chi connectivity index (χ0n) is 11.9. The molecular formula is C13H19N5OS. The standard InChI is InChI=1S/C13H19N5OS/c1-4-14-11(19)8(3)16-10-9-6-7-20-12(9)18-13(17-10)15-5-2/h6-8H,4-5H2,1-3H3,(H,14,19)(H2,15,16,17,18). The number of amides is 1. The second-order valence-electron chi connectivity index (χ2n) is 4.33. The summed E-state index contributed by atoms with van der Waals surface area (Å²) in [6.07, 6.45) is 0. The van der Waals surface area contributed by atoms with Gasteiger partial charge in [-0.25, -0.2) is 4.98 Å². The van der Waals surface area contributed by atoms with Gasteiger partial charge >= 0.3 is 0 Å². The number of fused-ring (bicyclic) bond motifs is 1. The minimum Gasteiger partial charge on any atom is -0.358 e. The Kier molecular flexibility index (Phi) is 4.73. The maximum absolute atomic E-state index is 11.8. The monoisotopic (exact) mass is 293 g/mol. The van der Waals surface area contributed by atoms with Gasteiger partial charge in [0.15, 0.2) is 0 Å². The van der Waals surface area contributed by atoms with Crippen LogP contribution in [0, 0.1) is 0 Å². The molecule has 7 heteroatoms. The van der Waals surface area contributed by atoms with Gasteiger partial charge in [0.05, 0.1) is 5.39 Å². The molecule has 2 heterocycles. The van der Waals surface area contributed by atoms with E-state index in [2.05, 4.69) is 25.9 Å². The number of anilines is 2. The number of carbonyl (C=O) groups is 1. The first-order chi connectivity index (χ1) is 9.65. The van der Waals surface area contributed by atoms with E-state index in [9.17, 15) is 4.79 Å². The zero-order valence-corrected chi connectivity index (χ0v) is 12.7. The first kappa shape index (κ1) is 14.5. The van der Waals surface area contributed by atoms with Crippen molar-refractivity contribution in [1.29, 1.82) is 0 Å². The minimum atomic E-state index is -0.345. The zero-order chi connectivity index (χ0) is 14.5. The van der Waals surface area contributed by atoms with Crippen molar-refractivity contribution in [2.45, 2.75) is 26.8 Å². The van der Waals surface area contributed by atoms with Gasteiger partial charge in [-0.05, 0) is 32.2 Å². The van der Waals surface area contributed by atoms with Gasteiger partial charge < -0.3 is 16.0 Å². The van der Waals surface area contributed by atoms with E-state index in [1.165, 1.54) is 0 Å². The number of likely N-dealkylation sites (N-methyl/N-ethyl adjacent to an activating group) is 1. The first-order valence-corrected chi connectivity index (χ1v) is 7.57. The van der Waals surface area contributed by atoms with Crippen molar-refractivity contribution in [2.75, 3.05) is 23.7 Å². The molecule has 0 saturated carbocycles. The van der Waals surface area contributed by atoms with Crippen LogP contribution in [-0.2, 0) is 4.79 Å². The summed E-state index contributed by atoms with van der Waals surface area (Å²) < 4.78 is 0. The number of nitrogens with zero attached hydrogens (tertiary/aromatic N) is 2. The molecule has 0 spiro atoms. The van der Waals surface area contributed by atoms with Crippen LogP contribution in [0.1, 0.15) is 20.8 Å². The van der Waals surface area contributed by atoms with E-state index in [0.29, 0.717) is 18.3 Å². The lowest BCUT2D eigenvalue weighted by Gasteiger charge is -2.15. The smallest absolute Gasteiger partial charge is 0.242 e. The largest absolute Gasteiger partial charge is 0.358 e. The second-order valence-corrected chi connectivity index (χ2v) is 5.22. The highest BCUT2D eigenvalue weighted by atomic mass is 32.1. The Balaban J connectivity index is 2.27. The number of rotatable bonds is 6. The maximum Gasteiger partial charge on any atom is 0.242 e. The molecule has 1 unspecified atom stereocenters. The van der Waals surface area contributed by atoms with Gasteiger partial charge in [0.1, 0.15) is 16.7 Å². The summed E-state index contributed by atoms with van der Waals surface area (Å²) in [4.78, 5) is 21.6. The van der Waals surface area contributed by atoms with Crippen LogP contribution in [0.5, 0.6) is 0 Å². The Morgan fingerprint density at radius 2 is 2.15 bits per heavy atom. The van der Waals surface area contributed by atoms with Gasteiger partial charge in [-0.2, -0.15) is 4.98 Å².